The maximum Gasteiger partial charge on any atom is 0.0541 e. The van der Waals surface area contributed by atoms with E-state index in [1.54, 1.807) is 0 Å². The molecule has 0 aliphatic heterocycles. The highest BCUT2D eigenvalue weighted by molar-refractivity contribution is 6.10. The second kappa shape index (κ2) is 13.1. The van der Waals surface area contributed by atoms with Gasteiger partial charge >= 0.3 is 0 Å². The highest BCUT2D eigenvalue weighted by Gasteiger charge is 2.43. The summed E-state index contributed by atoms with van der Waals surface area (Å²) in [7, 11) is 0. The molecule has 11 aromatic rings. The van der Waals surface area contributed by atoms with E-state index in [4.69, 9.17) is 0 Å². The first-order chi connectivity index (χ1) is 31.1. The monoisotopic (exact) mass is 820 g/mol. The van der Waals surface area contributed by atoms with Crippen LogP contribution in [0.1, 0.15) is 61.1 Å². The fraction of sp³-hybridized carbons (Fsp3) is 0.129. The lowest BCUT2D eigenvalue weighted by Gasteiger charge is -2.24. The molecule has 0 spiro atoms. The van der Waals surface area contributed by atoms with Gasteiger partial charge in [-0.05, 0) is 165 Å². The number of rotatable bonds is 4. The van der Waals surface area contributed by atoms with Crippen LogP contribution in [-0.4, -0.2) is 9.13 Å². The van der Waals surface area contributed by atoms with Gasteiger partial charge in [0.2, 0.25) is 0 Å². The van der Waals surface area contributed by atoms with Crippen LogP contribution in [0.5, 0.6) is 0 Å². The molecule has 2 heterocycles. The smallest absolute Gasteiger partial charge is 0.0541 e. The molecule has 0 amide bonds. The van der Waals surface area contributed by atoms with E-state index in [0.29, 0.717) is 0 Å². The van der Waals surface area contributed by atoms with E-state index in [2.05, 4.69) is 233 Å². The maximum absolute atomic E-state index is 2.56. The summed E-state index contributed by atoms with van der Waals surface area (Å²) < 4.78 is 4.79. The third-order valence-electron chi connectivity index (χ3n) is 15.1. The van der Waals surface area contributed by atoms with Gasteiger partial charge in [0.05, 0.1) is 22.1 Å². The first kappa shape index (κ1) is 37.2. The van der Waals surface area contributed by atoms with E-state index in [1.165, 1.54) is 133 Å². The number of aromatic nitrogens is 2. The molecule has 0 fully saturated rings. The van der Waals surface area contributed by atoms with E-state index in [0.717, 1.165) is 0 Å². The molecule has 0 radical (unpaired) electrons. The van der Waals surface area contributed by atoms with Crippen LogP contribution in [-0.2, 0) is 10.8 Å². The van der Waals surface area contributed by atoms with Crippen molar-refractivity contribution in [3.63, 3.8) is 0 Å². The average Bonchev–Trinajstić information content (AvgIpc) is 3.97. The second-order valence-corrected chi connectivity index (χ2v) is 19.5. The van der Waals surface area contributed by atoms with Crippen molar-refractivity contribution in [1.82, 2.24) is 9.13 Å². The van der Waals surface area contributed by atoms with Crippen LogP contribution < -0.4 is 0 Å². The largest absolute Gasteiger partial charge is 0.309 e. The summed E-state index contributed by atoms with van der Waals surface area (Å²) in [5.41, 5.74) is 26.0. The number of nitrogens with zero attached hydrogens (tertiary/aromatic N) is 2. The molecule has 0 bridgehead atoms. The lowest BCUT2D eigenvalue weighted by Crippen LogP contribution is -2.17. The molecular formula is C62H48N2. The number of hydrogen-bond acceptors (Lipinski definition) is 0. The van der Waals surface area contributed by atoms with Crippen molar-refractivity contribution in [2.24, 2.45) is 0 Å². The lowest BCUT2D eigenvalue weighted by molar-refractivity contribution is 0.652. The predicted molar refractivity (Wildman–Crippen MR) is 271 cm³/mol. The molecule has 2 nitrogen and oxygen atoms in total. The van der Waals surface area contributed by atoms with Crippen molar-refractivity contribution in [1.29, 1.82) is 0 Å². The number of hydrogen-bond donors (Lipinski definition) is 0. The van der Waals surface area contributed by atoms with Gasteiger partial charge in [-0.2, -0.15) is 0 Å². The summed E-state index contributed by atoms with van der Waals surface area (Å²) in [6.45, 7) is 14.3. The van der Waals surface area contributed by atoms with E-state index in [-0.39, 0.29) is 10.8 Å². The molecule has 13 rings (SSSR count). The van der Waals surface area contributed by atoms with Crippen LogP contribution in [0.15, 0.2) is 182 Å². The van der Waals surface area contributed by atoms with Crippen molar-refractivity contribution in [2.75, 3.05) is 0 Å². The molecule has 2 aliphatic carbocycles. The Bertz CT molecular complexity index is 3420. The quantitative estimate of drug-likeness (QED) is 0.167. The zero-order chi connectivity index (χ0) is 43.2. The molecule has 0 atom stereocenters. The van der Waals surface area contributed by atoms with Gasteiger partial charge in [0, 0.05) is 43.7 Å². The highest BCUT2D eigenvalue weighted by atomic mass is 15.0. The number of para-hydroxylation sites is 4. The van der Waals surface area contributed by atoms with Crippen molar-refractivity contribution in [2.45, 2.75) is 52.4 Å². The third-order valence-corrected chi connectivity index (χ3v) is 15.1. The zero-order valence-electron chi connectivity index (χ0n) is 37.2. The van der Waals surface area contributed by atoms with Crippen LogP contribution >= 0.6 is 0 Å². The molecule has 2 aromatic heterocycles. The summed E-state index contributed by atoms with van der Waals surface area (Å²) in [4.78, 5) is 0. The molecule has 2 heteroatoms. The van der Waals surface area contributed by atoms with E-state index in [1.807, 2.05) is 0 Å². The fourth-order valence-electron chi connectivity index (χ4n) is 12.0. The summed E-state index contributed by atoms with van der Waals surface area (Å²) in [5, 5.41) is 5.14. The maximum atomic E-state index is 2.56. The Morgan fingerprint density at radius 3 is 0.953 bits per heavy atom. The number of fused-ring (bicyclic) bond motifs is 12. The number of benzene rings is 9. The van der Waals surface area contributed by atoms with Crippen LogP contribution in [0, 0.1) is 13.8 Å². The standard InChI is InChI=1S/C62H48N2/c1-37-31-41(39-23-27-43(28-24-39)63-55-19-11-7-15-45(55)46-16-8-12-20-56(46)63)33-53-59(37)49-35-52-50(36-51(49)61(53,3)4)60-38(2)32-42(34-54(60)62(52,5)6)40-25-29-44(30-26-40)64-57-21-13-9-17-47(57)48-18-10-14-22-58(48)64/h7-36H,1-6H3. The van der Waals surface area contributed by atoms with Gasteiger partial charge in [-0.1, -0.05) is 137 Å². The Morgan fingerprint density at radius 2 is 0.625 bits per heavy atom. The van der Waals surface area contributed by atoms with Crippen molar-refractivity contribution >= 4 is 43.6 Å². The van der Waals surface area contributed by atoms with Gasteiger partial charge in [-0.15, -0.1) is 0 Å². The Labute approximate surface area is 374 Å². The van der Waals surface area contributed by atoms with Gasteiger partial charge in [-0.3, -0.25) is 0 Å². The molecule has 0 saturated heterocycles. The highest BCUT2D eigenvalue weighted by Crippen LogP contribution is 2.58. The molecule has 0 saturated carbocycles. The van der Waals surface area contributed by atoms with Crippen molar-refractivity contribution < 1.29 is 0 Å². The Morgan fingerprint density at radius 1 is 0.312 bits per heavy atom. The third kappa shape index (κ3) is 5.03. The molecule has 2 aliphatic rings. The van der Waals surface area contributed by atoms with E-state index < -0.39 is 0 Å². The van der Waals surface area contributed by atoms with Crippen molar-refractivity contribution in [3.05, 3.63) is 215 Å². The van der Waals surface area contributed by atoms with E-state index >= 15 is 0 Å². The average molecular weight is 821 g/mol. The second-order valence-electron chi connectivity index (χ2n) is 19.5. The Balaban J connectivity index is 0.854. The normalized spacial score (nSPS) is 14.3. The molecular weight excluding hydrogens is 773 g/mol. The topological polar surface area (TPSA) is 9.86 Å². The van der Waals surface area contributed by atoms with Gasteiger partial charge in [-0.25, -0.2) is 0 Å². The minimum absolute atomic E-state index is 0.151. The van der Waals surface area contributed by atoms with Gasteiger partial charge in [0.1, 0.15) is 0 Å². The lowest BCUT2D eigenvalue weighted by atomic mass is 9.79. The van der Waals surface area contributed by atoms with Crippen LogP contribution in [0.2, 0.25) is 0 Å². The van der Waals surface area contributed by atoms with Crippen LogP contribution in [0.3, 0.4) is 0 Å². The Hall–Kier alpha value is -7.42. The van der Waals surface area contributed by atoms with Crippen LogP contribution in [0.25, 0.3) is 99.5 Å². The number of aryl methyl sites for hydroxylation is 2. The summed E-state index contributed by atoms with van der Waals surface area (Å²) in [6, 6.07) is 68.2. The summed E-state index contributed by atoms with van der Waals surface area (Å²) in [5.74, 6) is 0. The first-order valence-electron chi connectivity index (χ1n) is 22.8. The van der Waals surface area contributed by atoms with E-state index in [9.17, 15) is 0 Å². The summed E-state index contributed by atoms with van der Waals surface area (Å²) >= 11 is 0. The minimum Gasteiger partial charge on any atom is -0.309 e. The SMILES string of the molecule is Cc1cc(-c2ccc(-n3c4ccccc4c4ccccc43)cc2)cc2c1-c1cc3c(cc1C2(C)C)-c1c(C)cc(-c2ccc(-n4c5ccccc5c5ccccc54)cc2)cc1C3(C)C. The molecule has 0 N–H and O–H groups in total. The minimum atomic E-state index is -0.151. The molecule has 9 aromatic carbocycles. The molecule has 306 valence electrons. The summed E-state index contributed by atoms with van der Waals surface area (Å²) in [6.07, 6.45) is 0. The predicted octanol–water partition coefficient (Wildman–Crippen LogP) is 16.4. The Kier molecular flexibility index (Phi) is 7.59. The molecule has 0 unspecified atom stereocenters. The fourth-order valence-corrected chi connectivity index (χ4v) is 12.0. The van der Waals surface area contributed by atoms with Gasteiger partial charge < -0.3 is 9.13 Å². The van der Waals surface area contributed by atoms with Gasteiger partial charge in [0.25, 0.3) is 0 Å². The van der Waals surface area contributed by atoms with Crippen LogP contribution in [0.4, 0.5) is 0 Å². The first-order valence-corrected chi connectivity index (χ1v) is 22.8. The van der Waals surface area contributed by atoms with Gasteiger partial charge in [0.15, 0.2) is 0 Å². The molecule has 64 heavy (non-hydrogen) atoms. The zero-order valence-corrected chi connectivity index (χ0v) is 37.2. The van der Waals surface area contributed by atoms with Crippen molar-refractivity contribution in [3.8, 4) is 55.9 Å².